The van der Waals surface area contributed by atoms with Gasteiger partial charge in [-0.3, -0.25) is 10.1 Å². The van der Waals surface area contributed by atoms with E-state index in [0.717, 1.165) is 30.7 Å². The maximum Gasteiger partial charge on any atom is 0.284 e. The van der Waals surface area contributed by atoms with Crippen molar-refractivity contribution >= 4 is 27.5 Å². The molecule has 1 N–H and O–H groups in total. The molecule has 1 aliphatic heterocycles. The molecule has 1 saturated heterocycles. The number of benzene rings is 1. The van der Waals surface area contributed by atoms with Crippen molar-refractivity contribution in [1.82, 2.24) is 4.31 Å². The Morgan fingerprint density at radius 1 is 1.33 bits per heavy atom. The second-order valence-electron chi connectivity index (χ2n) is 4.57. The van der Waals surface area contributed by atoms with E-state index in [2.05, 4.69) is 0 Å². The van der Waals surface area contributed by atoms with Crippen molar-refractivity contribution in [3.63, 3.8) is 0 Å². The van der Waals surface area contributed by atoms with E-state index in [-0.39, 0.29) is 17.2 Å². The van der Waals surface area contributed by atoms with Gasteiger partial charge in [0.1, 0.15) is 0 Å². The zero-order valence-corrected chi connectivity index (χ0v) is 12.9. The summed E-state index contributed by atoms with van der Waals surface area (Å²) in [6.45, 7) is 0.809. The molecule has 0 saturated carbocycles. The first-order valence-corrected chi connectivity index (χ1v) is 8.91. The third-order valence-corrected chi connectivity index (χ3v) is 6.12. The Morgan fingerprint density at radius 3 is 2.57 bits per heavy atom. The van der Waals surface area contributed by atoms with Gasteiger partial charge >= 0.3 is 0 Å². The maximum atomic E-state index is 12.4. The summed E-state index contributed by atoms with van der Waals surface area (Å²) in [6, 6.07) is 3.93. The molecular formula is C12H16N2O5S2. The number of aliphatic hydroxyl groups excluding tert-OH is 1. The van der Waals surface area contributed by atoms with Crippen LogP contribution in [0.2, 0.25) is 0 Å². The van der Waals surface area contributed by atoms with Crippen LogP contribution in [-0.2, 0) is 10.0 Å². The number of hydrogen-bond acceptors (Lipinski definition) is 6. The first kappa shape index (κ1) is 16.2. The molecule has 0 aromatic heterocycles. The lowest BCUT2D eigenvalue weighted by Crippen LogP contribution is -2.27. The molecule has 9 heteroatoms. The van der Waals surface area contributed by atoms with Gasteiger partial charge < -0.3 is 5.11 Å². The number of nitro groups is 1. The zero-order valence-electron chi connectivity index (χ0n) is 11.3. The van der Waals surface area contributed by atoms with Crippen molar-refractivity contribution in [2.75, 3.05) is 25.4 Å². The Balaban J connectivity index is 2.37. The molecule has 1 heterocycles. The smallest absolute Gasteiger partial charge is 0.284 e. The van der Waals surface area contributed by atoms with Gasteiger partial charge in [0, 0.05) is 24.9 Å². The van der Waals surface area contributed by atoms with Crippen molar-refractivity contribution in [2.45, 2.75) is 22.6 Å². The van der Waals surface area contributed by atoms with Crippen molar-refractivity contribution in [3.05, 3.63) is 28.3 Å². The molecule has 0 spiro atoms. The monoisotopic (exact) mass is 332 g/mol. The average molecular weight is 332 g/mol. The molecule has 2 rings (SSSR count). The summed E-state index contributed by atoms with van der Waals surface area (Å²) >= 11 is 1.13. The minimum atomic E-state index is -3.66. The van der Waals surface area contributed by atoms with E-state index in [4.69, 9.17) is 5.11 Å². The molecule has 0 unspecified atom stereocenters. The van der Waals surface area contributed by atoms with Crippen LogP contribution in [-0.4, -0.2) is 48.2 Å². The Morgan fingerprint density at radius 2 is 2.00 bits per heavy atom. The molecule has 116 valence electrons. The van der Waals surface area contributed by atoms with E-state index in [1.54, 1.807) is 0 Å². The Kier molecular flexibility index (Phi) is 5.20. The molecule has 1 aromatic carbocycles. The normalized spacial score (nSPS) is 16.2. The summed E-state index contributed by atoms with van der Waals surface area (Å²) in [5, 5.41) is 19.9. The molecule has 7 nitrogen and oxygen atoms in total. The van der Waals surface area contributed by atoms with Crippen LogP contribution in [0.25, 0.3) is 0 Å². The van der Waals surface area contributed by atoms with Gasteiger partial charge in [-0.05, 0) is 25.0 Å². The second-order valence-corrected chi connectivity index (χ2v) is 7.64. The van der Waals surface area contributed by atoms with Gasteiger partial charge in [-0.1, -0.05) is 0 Å². The third-order valence-electron chi connectivity index (χ3n) is 3.18. The summed E-state index contributed by atoms with van der Waals surface area (Å²) in [7, 11) is -3.66. The molecule has 1 aromatic rings. The number of nitro benzene ring substituents is 1. The van der Waals surface area contributed by atoms with E-state index in [1.165, 1.54) is 16.4 Å². The highest BCUT2D eigenvalue weighted by Gasteiger charge is 2.29. The summed E-state index contributed by atoms with van der Waals surface area (Å²) in [5.74, 6) is 0.319. The summed E-state index contributed by atoms with van der Waals surface area (Å²) in [5.41, 5.74) is -0.242. The van der Waals surface area contributed by atoms with E-state index < -0.39 is 14.9 Å². The standard InChI is InChI=1S/C12H16N2O5S2/c15-7-8-20-12-4-3-10(9-11(12)14(16)17)21(18,19)13-5-1-2-6-13/h3-4,9,15H,1-2,5-8H2. The molecular weight excluding hydrogens is 316 g/mol. The lowest BCUT2D eigenvalue weighted by molar-refractivity contribution is -0.388. The van der Waals surface area contributed by atoms with E-state index in [1.807, 2.05) is 0 Å². The molecule has 0 bridgehead atoms. The fourth-order valence-corrected chi connectivity index (χ4v) is 4.45. The lowest BCUT2D eigenvalue weighted by atomic mass is 10.3. The number of aliphatic hydroxyl groups is 1. The quantitative estimate of drug-likeness (QED) is 0.481. The predicted octanol–water partition coefficient (Wildman–Crippen LogP) is 1.46. The van der Waals surface area contributed by atoms with Gasteiger partial charge in [0.05, 0.1) is 21.3 Å². The van der Waals surface area contributed by atoms with Gasteiger partial charge in [-0.15, -0.1) is 11.8 Å². The molecule has 1 fully saturated rings. The molecule has 0 radical (unpaired) electrons. The Bertz CT molecular complexity index is 627. The fraction of sp³-hybridized carbons (Fsp3) is 0.500. The highest BCUT2D eigenvalue weighted by molar-refractivity contribution is 7.99. The maximum absolute atomic E-state index is 12.4. The fourth-order valence-electron chi connectivity index (χ4n) is 2.16. The van der Waals surface area contributed by atoms with Gasteiger partial charge in [0.15, 0.2) is 0 Å². The van der Waals surface area contributed by atoms with Gasteiger partial charge in [0.25, 0.3) is 5.69 Å². The average Bonchev–Trinajstić information content (AvgIpc) is 2.99. The number of sulfonamides is 1. The summed E-state index contributed by atoms with van der Waals surface area (Å²) in [6.07, 6.45) is 1.62. The van der Waals surface area contributed by atoms with Crippen LogP contribution >= 0.6 is 11.8 Å². The molecule has 0 aliphatic carbocycles. The van der Waals surface area contributed by atoms with Crippen LogP contribution in [0.15, 0.2) is 28.0 Å². The van der Waals surface area contributed by atoms with Crippen LogP contribution in [0.1, 0.15) is 12.8 Å². The second kappa shape index (κ2) is 6.73. The van der Waals surface area contributed by atoms with Crippen molar-refractivity contribution < 1.29 is 18.4 Å². The van der Waals surface area contributed by atoms with Crippen LogP contribution < -0.4 is 0 Å². The van der Waals surface area contributed by atoms with Gasteiger partial charge in [-0.25, -0.2) is 8.42 Å². The summed E-state index contributed by atoms with van der Waals surface area (Å²) in [4.78, 5) is 10.8. The van der Waals surface area contributed by atoms with Gasteiger partial charge in [0.2, 0.25) is 10.0 Å². The third kappa shape index (κ3) is 3.54. The minimum Gasteiger partial charge on any atom is -0.396 e. The first-order valence-electron chi connectivity index (χ1n) is 6.49. The number of rotatable bonds is 6. The van der Waals surface area contributed by atoms with E-state index in [9.17, 15) is 18.5 Å². The topological polar surface area (TPSA) is 101 Å². The number of hydrogen-bond donors (Lipinski definition) is 1. The van der Waals surface area contributed by atoms with E-state index in [0.29, 0.717) is 23.7 Å². The minimum absolute atomic E-state index is 0.0514. The zero-order chi connectivity index (χ0) is 15.5. The number of thioether (sulfide) groups is 1. The van der Waals surface area contributed by atoms with Crippen LogP contribution in [0.5, 0.6) is 0 Å². The Hall–Kier alpha value is -1.16. The lowest BCUT2D eigenvalue weighted by Gasteiger charge is -2.15. The van der Waals surface area contributed by atoms with Crippen LogP contribution in [0, 0.1) is 10.1 Å². The van der Waals surface area contributed by atoms with Crippen LogP contribution in [0.4, 0.5) is 5.69 Å². The first-order chi connectivity index (χ1) is 9.96. The molecule has 1 aliphatic rings. The highest BCUT2D eigenvalue weighted by Crippen LogP contribution is 2.32. The van der Waals surface area contributed by atoms with E-state index >= 15 is 0 Å². The predicted molar refractivity (Wildman–Crippen MR) is 78.9 cm³/mol. The van der Waals surface area contributed by atoms with Crippen molar-refractivity contribution in [1.29, 1.82) is 0 Å². The largest absolute Gasteiger partial charge is 0.396 e. The Labute approximate surface area is 127 Å². The van der Waals surface area contributed by atoms with Crippen molar-refractivity contribution in [3.8, 4) is 0 Å². The summed E-state index contributed by atoms with van der Waals surface area (Å²) < 4.78 is 26.1. The number of nitrogens with zero attached hydrogens (tertiary/aromatic N) is 2. The molecule has 0 atom stereocenters. The van der Waals surface area contributed by atoms with Crippen LogP contribution in [0.3, 0.4) is 0 Å². The molecule has 0 amide bonds. The highest BCUT2D eigenvalue weighted by atomic mass is 32.2. The SMILES string of the molecule is O=[N+]([O-])c1cc(S(=O)(=O)N2CCCC2)ccc1SCCO. The molecule has 21 heavy (non-hydrogen) atoms. The van der Waals surface area contributed by atoms with Crippen molar-refractivity contribution in [2.24, 2.45) is 0 Å². The van der Waals surface area contributed by atoms with Gasteiger partial charge in [-0.2, -0.15) is 4.31 Å².